The second kappa shape index (κ2) is 4.95. The number of hydrogen-bond donors (Lipinski definition) is 1. The molecule has 2 heterocycles. The Morgan fingerprint density at radius 3 is 3.00 bits per heavy atom. The Kier molecular flexibility index (Phi) is 3.58. The molecule has 0 aromatic carbocycles. The molecule has 1 N–H and O–H groups in total. The van der Waals surface area contributed by atoms with E-state index in [2.05, 4.69) is 9.69 Å². The van der Waals surface area contributed by atoms with Crippen molar-refractivity contribution < 1.29 is 4.79 Å². The molecule has 0 aliphatic rings. The number of aromatic nitrogens is 1. The molecular weight excluding hydrogens is 264 g/mol. The number of rotatable bonds is 3. The van der Waals surface area contributed by atoms with Crippen LogP contribution in [0.3, 0.4) is 0 Å². The maximum absolute atomic E-state index is 11.7. The average molecular weight is 273 g/mol. The van der Waals surface area contributed by atoms with E-state index in [1.54, 1.807) is 6.07 Å². The zero-order valence-electron chi connectivity index (χ0n) is 8.49. The van der Waals surface area contributed by atoms with Gasteiger partial charge in [-0.2, -0.15) is 4.37 Å². The van der Waals surface area contributed by atoms with Crippen molar-refractivity contribution in [3.63, 3.8) is 0 Å². The molecule has 3 nitrogen and oxygen atoms in total. The first kappa shape index (κ1) is 11.6. The first-order valence-corrected chi connectivity index (χ1v) is 6.63. The summed E-state index contributed by atoms with van der Waals surface area (Å²) < 4.78 is 4.11. The molecule has 6 heteroatoms. The van der Waals surface area contributed by atoms with Crippen molar-refractivity contribution in [2.24, 2.45) is 0 Å². The summed E-state index contributed by atoms with van der Waals surface area (Å²) in [5.41, 5.74) is 0.873. The van der Waals surface area contributed by atoms with Gasteiger partial charge < -0.3 is 5.32 Å². The highest BCUT2D eigenvalue weighted by Gasteiger charge is 2.11. The second-order valence-corrected chi connectivity index (χ2v) is 5.52. The Balaban J connectivity index is 1.98. The van der Waals surface area contributed by atoms with Gasteiger partial charge >= 0.3 is 0 Å². The minimum atomic E-state index is -0.104. The highest BCUT2D eigenvalue weighted by molar-refractivity contribution is 7.14. The molecule has 84 valence electrons. The molecule has 0 radical (unpaired) electrons. The summed E-state index contributed by atoms with van der Waals surface area (Å²) in [6.45, 7) is 2.35. The second-order valence-electron chi connectivity index (χ2n) is 3.19. The van der Waals surface area contributed by atoms with Crippen LogP contribution in [-0.2, 0) is 6.54 Å². The number of carbonyl (C=O) groups is 1. The fourth-order valence-corrected chi connectivity index (χ4v) is 2.82. The normalized spacial score (nSPS) is 10.4. The van der Waals surface area contributed by atoms with Crippen molar-refractivity contribution in [3.8, 4) is 0 Å². The van der Waals surface area contributed by atoms with Crippen molar-refractivity contribution in [3.05, 3.63) is 38.0 Å². The molecule has 0 aliphatic carbocycles. The standard InChI is InChI=1S/C10H9ClN2OS2/c1-6-8(11)4-9(16-6)10(14)12-5-7-2-3-15-13-7/h2-4H,5H2,1H3,(H,12,14). The highest BCUT2D eigenvalue weighted by Crippen LogP contribution is 2.25. The first-order valence-electron chi connectivity index (χ1n) is 4.60. The summed E-state index contributed by atoms with van der Waals surface area (Å²) in [4.78, 5) is 13.3. The summed E-state index contributed by atoms with van der Waals surface area (Å²) in [6, 6.07) is 3.58. The SMILES string of the molecule is Cc1sc(C(=O)NCc2ccsn2)cc1Cl. The Bertz CT molecular complexity index is 473. The summed E-state index contributed by atoms with van der Waals surface area (Å²) in [6.07, 6.45) is 0. The van der Waals surface area contributed by atoms with Crippen molar-refractivity contribution in [1.29, 1.82) is 0 Å². The maximum Gasteiger partial charge on any atom is 0.261 e. The van der Waals surface area contributed by atoms with E-state index < -0.39 is 0 Å². The number of aryl methyl sites for hydroxylation is 1. The van der Waals surface area contributed by atoms with Gasteiger partial charge in [0.15, 0.2) is 0 Å². The smallest absolute Gasteiger partial charge is 0.261 e. The van der Waals surface area contributed by atoms with Gasteiger partial charge in [0.25, 0.3) is 5.91 Å². The summed E-state index contributed by atoms with van der Waals surface area (Å²) >= 11 is 8.66. The zero-order valence-corrected chi connectivity index (χ0v) is 10.9. The van der Waals surface area contributed by atoms with Crippen LogP contribution in [0.1, 0.15) is 20.2 Å². The van der Waals surface area contributed by atoms with Crippen LogP contribution in [0.25, 0.3) is 0 Å². The molecule has 2 aromatic heterocycles. The van der Waals surface area contributed by atoms with Gasteiger partial charge in [-0.25, -0.2) is 0 Å². The van der Waals surface area contributed by atoms with Crippen LogP contribution in [0.15, 0.2) is 17.5 Å². The van der Waals surface area contributed by atoms with Gasteiger partial charge in [-0.15, -0.1) is 11.3 Å². The van der Waals surface area contributed by atoms with Crippen molar-refractivity contribution >= 4 is 40.4 Å². The quantitative estimate of drug-likeness (QED) is 0.933. The van der Waals surface area contributed by atoms with E-state index in [-0.39, 0.29) is 5.91 Å². The van der Waals surface area contributed by atoms with Gasteiger partial charge in [-0.1, -0.05) is 11.6 Å². The molecule has 0 spiro atoms. The van der Waals surface area contributed by atoms with Crippen LogP contribution < -0.4 is 5.32 Å². The lowest BCUT2D eigenvalue weighted by atomic mass is 10.4. The van der Waals surface area contributed by atoms with Crippen LogP contribution in [0, 0.1) is 6.92 Å². The highest BCUT2D eigenvalue weighted by atomic mass is 35.5. The van der Waals surface area contributed by atoms with Crippen LogP contribution in [0.5, 0.6) is 0 Å². The van der Waals surface area contributed by atoms with Crippen LogP contribution in [-0.4, -0.2) is 10.3 Å². The third-order valence-electron chi connectivity index (χ3n) is 2.00. The van der Waals surface area contributed by atoms with Gasteiger partial charge in [0.05, 0.1) is 22.1 Å². The van der Waals surface area contributed by atoms with Crippen LogP contribution in [0.4, 0.5) is 0 Å². The van der Waals surface area contributed by atoms with Gasteiger partial charge in [0.1, 0.15) is 0 Å². The van der Waals surface area contributed by atoms with Gasteiger partial charge in [0.2, 0.25) is 0 Å². The zero-order chi connectivity index (χ0) is 11.5. The van der Waals surface area contributed by atoms with Gasteiger partial charge in [-0.3, -0.25) is 4.79 Å². The van der Waals surface area contributed by atoms with Crippen molar-refractivity contribution in [2.45, 2.75) is 13.5 Å². The minimum Gasteiger partial charge on any atom is -0.346 e. The molecule has 16 heavy (non-hydrogen) atoms. The first-order chi connectivity index (χ1) is 7.66. The lowest BCUT2D eigenvalue weighted by Gasteiger charge is -1.99. The lowest BCUT2D eigenvalue weighted by molar-refractivity contribution is 0.0954. The fraction of sp³-hybridized carbons (Fsp3) is 0.200. The van der Waals surface area contributed by atoms with E-state index in [4.69, 9.17) is 11.6 Å². The largest absolute Gasteiger partial charge is 0.346 e. The Morgan fingerprint density at radius 1 is 1.62 bits per heavy atom. The number of nitrogens with zero attached hydrogens (tertiary/aromatic N) is 1. The number of thiophene rings is 1. The van der Waals surface area contributed by atoms with Gasteiger partial charge in [-0.05, 0) is 30.6 Å². The van der Waals surface area contributed by atoms with Crippen LogP contribution >= 0.6 is 34.5 Å². The Hall–Kier alpha value is -0.910. The number of halogens is 1. The predicted molar refractivity (Wildman–Crippen MR) is 67.4 cm³/mol. The molecule has 0 saturated carbocycles. The summed E-state index contributed by atoms with van der Waals surface area (Å²) in [5.74, 6) is -0.104. The third kappa shape index (κ3) is 2.61. The summed E-state index contributed by atoms with van der Waals surface area (Å²) in [5, 5.41) is 5.32. The topological polar surface area (TPSA) is 42.0 Å². The molecule has 0 fully saturated rings. The molecule has 0 atom stereocenters. The third-order valence-corrected chi connectivity index (χ3v) is 4.15. The minimum absolute atomic E-state index is 0.104. The number of nitrogens with one attached hydrogen (secondary N) is 1. The molecule has 1 amide bonds. The Morgan fingerprint density at radius 2 is 2.44 bits per heavy atom. The molecule has 0 aliphatic heterocycles. The maximum atomic E-state index is 11.7. The molecule has 2 aromatic rings. The summed E-state index contributed by atoms with van der Waals surface area (Å²) in [7, 11) is 0. The van der Waals surface area contributed by atoms with E-state index in [1.165, 1.54) is 22.9 Å². The van der Waals surface area contributed by atoms with E-state index in [0.29, 0.717) is 16.4 Å². The Labute approximate surface area is 106 Å². The molecule has 2 rings (SSSR count). The van der Waals surface area contributed by atoms with E-state index in [1.807, 2.05) is 18.4 Å². The van der Waals surface area contributed by atoms with E-state index >= 15 is 0 Å². The number of hydrogen-bond acceptors (Lipinski definition) is 4. The fourth-order valence-electron chi connectivity index (χ4n) is 1.16. The monoisotopic (exact) mass is 272 g/mol. The van der Waals surface area contributed by atoms with Crippen molar-refractivity contribution in [1.82, 2.24) is 9.69 Å². The van der Waals surface area contributed by atoms with E-state index in [0.717, 1.165) is 10.6 Å². The number of amides is 1. The molecular formula is C10H9ClN2OS2. The lowest BCUT2D eigenvalue weighted by Crippen LogP contribution is -2.21. The van der Waals surface area contributed by atoms with Crippen LogP contribution in [0.2, 0.25) is 5.02 Å². The van der Waals surface area contributed by atoms with E-state index in [9.17, 15) is 4.79 Å². The molecule has 0 saturated heterocycles. The molecule has 0 bridgehead atoms. The van der Waals surface area contributed by atoms with Gasteiger partial charge in [0, 0.05) is 10.3 Å². The number of carbonyl (C=O) groups excluding carboxylic acids is 1. The molecule has 0 unspecified atom stereocenters. The average Bonchev–Trinajstić information content (AvgIpc) is 2.86. The van der Waals surface area contributed by atoms with Crippen molar-refractivity contribution in [2.75, 3.05) is 0 Å². The predicted octanol–water partition coefficient (Wildman–Crippen LogP) is 3.10.